The maximum absolute atomic E-state index is 6.34. The maximum Gasteiger partial charge on any atom is 0.562 e. The van der Waals surface area contributed by atoms with Crippen LogP contribution in [0.3, 0.4) is 0 Å². The second-order valence-electron chi connectivity index (χ2n) is 8.90. The first kappa shape index (κ1) is 28.0. The summed E-state index contributed by atoms with van der Waals surface area (Å²) in [7, 11) is -1.36. The van der Waals surface area contributed by atoms with Crippen LogP contribution in [-0.2, 0) is 9.31 Å². The topological polar surface area (TPSA) is 61.6 Å². The highest BCUT2D eigenvalue weighted by atomic mass is 35.5. The molecule has 200 valence electrons. The van der Waals surface area contributed by atoms with Gasteiger partial charge in [-0.1, -0.05) is 71.7 Å². The van der Waals surface area contributed by atoms with Crippen LogP contribution in [0.2, 0.25) is 10.0 Å². The highest BCUT2D eigenvalue weighted by molar-refractivity contribution is 6.63. The van der Waals surface area contributed by atoms with Gasteiger partial charge in [-0.05, 0) is 59.5 Å². The Morgan fingerprint density at radius 3 is 1.45 bits per heavy atom. The molecule has 0 aliphatic carbocycles. The summed E-state index contributed by atoms with van der Waals surface area (Å²) in [5, 5.41) is 1.20. The predicted molar refractivity (Wildman–Crippen MR) is 165 cm³/mol. The van der Waals surface area contributed by atoms with Crippen molar-refractivity contribution in [2.75, 3.05) is 26.3 Å². The summed E-state index contributed by atoms with van der Waals surface area (Å²) < 4.78 is 25.0. The average Bonchev–Trinajstić information content (AvgIpc) is 2.96. The summed E-state index contributed by atoms with van der Waals surface area (Å²) in [4.78, 5) is 9.17. The van der Waals surface area contributed by atoms with Gasteiger partial charge in [0.1, 0.15) is 11.5 Å². The van der Waals surface area contributed by atoms with Gasteiger partial charge in [0.05, 0.1) is 26.3 Å². The highest BCUT2D eigenvalue weighted by Crippen LogP contribution is 2.19. The number of benzene rings is 4. The van der Waals surface area contributed by atoms with Gasteiger partial charge in [0, 0.05) is 33.6 Å². The fraction of sp³-hybridized carbons (Fsp3) is 0.133. The lowest BCUT2D eigenvalue weighted by molar-refractivity contribution is 0.283. The van der Waals surface area contributed by atoms with E-state index in [4.69, 9.17) is 41.8 Å². The number of nitrogens with zero attached hydrogens (tertiary/aromatic N) is 2. The largest absolute Gasteiger partial charge is 0.562 e. The first-order chi connectivity index (χ1) is 19.7. The summed E-state index contributed by atoms with van der Waals surface area (Å²) in [6.45, 7) is 1.46. The lowest BCUT2D eigenvalue weighted by Crippen LogP contribution is -2.41. The van der Waals surface area contributed by atoms with E-state index in [1.807, 2.05) is 97.1 Å². The molecule has 5 rings (SSSR count). The molecule has 0 atom stereocenters. The first-order valence-corrected chi connectivity index (χ1v) is 13.7. The van der Waals surface area contributed by atoms with Crippen LogP contribution in [0.4, 0.5) is 0 Å². The summed E-state index contributed by atoms with van der Waals surface area (Å²) in [5.74, 6) is 1.27. The molecule has 0 unspecified atom stereocenters. The van der Waals surface area contributed by atoms with Gasteiger partial charge in [-0.2, -0.15) is 0 Å². The zero-order valence-electron chi connectivity index (χ0n) is 21.7. The third-order valence-electron chi connectivity index (χ3n) is 5.99. The van der Waals surface area contributed by atoms with E-state index in [-0.39, 0.29) is 0 Å². The van der Waals surface area contributed by atoms with E-state index in [0.717, 1.165) is 22.1 Å². The summed E-state index contributed by atoms with van der Waals surface area (Å²) in [6.07, 6.45) is 3.54. The molecule has 4 aromatic carbocycles. The van der Waals surface area contributed by atoms with Crippen molar-refractivity contribution < 1.29 is 18.6 Å². The molecule has 0 saturated carbocycles. The number of hydrogen-bond donors (Lipinski definition) is 0. The van der Waals surface area contributed by atoms with Crippen molar-refractivity contribution in [3.8, 4) is 11.5 Å². The van der Waals surface area contributed by atoms with Crippen LogP contribution in [0.5, 0.6) is 11.5 Å². The van der Waals surface area contributed by atoms with Crippen molar-refractivity contribution in [3.63, 3.8) is 0 Å². The van der Waals surface area contributed by atoms with Gasteiger partial charge in [-0.25, -0.2) is 0 Å². The smallest absolute Gasteiger partial charge is 0.532 e. The van der Waals surface area contributed by atoms with Crippen molar-refractivity contribution >= 4 is 60.8 Å². The Balaban J connectivity index is 1.43. The van der Waals surface area contributed by atoms with Crippen molar-refractivity contribution in [1.82, 2.24) is 0 Å². The van der Waals surface area contributed by atoms with Crippen LogP contribution in [0.25, 0.3) is 0 Å². The molecule has 1 aliphatic rings. The van der Waals surface area contributed by atoms with Crippen LogP contribution in [0.1, 0.15) is 11.1 Å². The van der Waals surface area contributed by atoms with Crippen LogP contribution in [0, 0.1) is 0 Å². The van der Waals surface area contributed by atoms with Crippen LogP contribution in [0.15, 0.2) is 107 Å². The van der Waals surface area contributed by atoms with E-state index in [9.17, 15) is 0 Å². The van der Waals surface area contributed by atoms with Crippen molar-refractivity contribution in [3.05, 3.63) is 118 Å². The second-order valence-corrected chi connectivity index (χ2v) is 9.77. The quantitative estimate of drug-likeness (QED) is 0.314. The maximum atomic E-state index is 6.34. The minimum atomic E-state index is -0.681. The molecule has 0 N–H and O–H groups in total. The molecule has 10 heteroatoms. The predicted octanol–water partition coefficient (Wildman–Crippen LogP) is 5.13. The van der Waals surface area contributed by atoms with Gasteiger partial charge in [-0.15, -0.1) is 0 Å². The second kappa shape index (κ2) is 14.2. The highest BCUT2D eigenvalue weighted by Gasteiger charge is 2.26. The monoisotopic (exact) mass is 570 g/mol. The van der Waals surface area contributed by atoms with Gasteiger partial charge in [0.25, 0.3) is 0 Å². The Labute approximate surface area is 244 Å². The number of halogens is 2. The third kappa shape index (κ3) is 7.77. The normalized spacial score (nSPS) is 14.8. The molecule has 40 heavy (non-hydrogen) atoms. The summed E-state index contributed by atoms with van der Waals surface area (Å²) in [5.41, 5.74) is 3.23. The number of fused-ring (bicyclic) bond motifs is 2. The molecule has 0 aromatic heterocycles. The van der Waals surface area contributed by atoms with E-state index in [2.05, 4.69) is 9.98 Å². The van der Waals surface area contributed by atoms with Gasteiger partial charge in [-0.3, -0.25) is 9.98 Å². The van der Waals surface area contributed by atoms with Crippen LogP contribution in [-0.4, -0.2) is 53.0 Å². The molecule has 1 heterocycles. The van der Waals surface area contributed by atoms with Crippen LogP contribution < -0.4 is 20.2 Å². The Kier molecular flexibility index (Phi) is 9.93. The van der Waals surface area contributed by atoms with E-state index in [1.54, 1.807) is 12.4 Å². The molecule has 0 spiro atoms. The lowest BCUT2D eigenvalue weighted by atomic mass is 9.78. The van der Waals surface area contributed by atoms with Gasteiger partial charge < -0.3 is 18.6 Å². The summed E-state index contributed by atoms with van der Waals surface area (Å²) >= 11 is 12.5. The molecule has 0 amide bonds. The van der Waals surface area contributed by atoms with E-state index >= 15 is 0 Å². The molecule has 0 fully saturated rings. The fourth-order valence-corrected chi connectivity index (χ4v) is 4.47. The number of para-hydroxylation sites is 2. The van der Waals surface area contributed by atoms with Crippen molar-refractivity contribution in [2.45, 2.75) is 0 Å². The lowest BCUT2D eigenvalue weighted by Gasteiger charge is -2.18. The SMILES string of the molecule is Clc1cccc(B2OCCN=Cc3ccccc3OB(c3cccc(Cl)c3)OCCN=Cc3ccccc3O2)c1. The molecule has 6 nitrogen and oxygen atoms in total. The van der Waals surface area contributed by atoms with Crippen LogP contribution >= 0.6 is 23.2 Å². The standard InChI is InChI=1S/C30H26B2Cl2N2O4/c33-27-11-5-9-25(19-27)31-37-18-16-36-22-24-8-2-4-14-30(24)40-32(26-10-6-12-28(34)20-26)38-17-15-35-21-23-7-1-3-13-29(23)39-31/h1-14,19-22H,15-18H2. The number of rotatable bonds is 2. The summed E-state index contributed by atoms with van der Waals surface area (Å²) in [6, 6.07) is 30.2. The minimum absolute atomic E-state index is 0.321. The molecule has 4 aromatic rings. The number of aliphatic imine (C=N–C) groups is 2. The Bertz CT molecular complexity index is 1380. The molecular weight excluding hydrogens is 545 g/mol. The van der Waals surface area contributed by atoms with E-state index < -0.39 is 14.2 Å². The third-order valence-corrected chi connectivity index (χ3v) is 6.46. The molecule has 0 saturated heterocycles. The fourth-order valence-electron chi connectivity index (χ4n) is 4.07. The molecule has 0 radical (unpaired) electrons. The van der Waals surface area contributed by atoms with Gasteiger partial charge in [0.15, 0.2) is 0 Å². The molecule has 0 bridgehead atoms. The molecule has 1 aliphatic heterocycles. The van der Waals surface area contributed by atoms with Gasteiger partial charge >= 0.3 is 14.2 Å². The Morgan fingerprint density at radius 1 is 0.550 bits per heavy atom. The van der Waals surface area contributed by atoms with Crippen molar-refractivity contribution in [2.24, 2.45) is 9.98 Å². The molecular formula is C30H26B2Cl2N2O4. The van der Waals surface area contributed by atoms with E-state index in [0.29, 0.717) is 47.8 Å². The first-order valence-electron chi connectivity index (χ1n) is 12.9. The zero-order chi connectivity index (χ0) is 27.6. The van der Waals surface area contributed by atoms with E-state index in [1.165, 1.54) is 0 Å². The average molecular weight is 571 g/mol. The Hall–Kier alpha value is -3.55. The minimum Gasteiger partial charge on any atom is -0.532 e. The van der Waals surface area contributed by atoms with Crippen molar-refractivity contribution in [1.29, 1.82) is 0 Å². The Morgan fingerprint density at radius 2 is 1.00 bits per heavy atom. The van der Waals surface area contributed by atoms with Gasteiger partial charge in [0.2, 0.25) is 0 Å². The zero-order valence-corrected chi connectivity index (χ0v) is 23.2. The number of hydrogen-bond acceptors (Lipinski definition) is 6.